The molecule has 96 valence electrons. The van der Waals surface area contributed by atoms with Crippen molar-refractivity contribution in [2.45, 2.75) is 20.8 Å². The summed E-state index contributed by atoms with van der Waals surface area (Å²) >= 11 is 0. The van der Waals surface area contributed by atoms with E-state index in [0.717, 1.165) is 5.39 Å². The highest BCUT2D eigenvalue weighted by Gasteiger charge is 2.14. The Bertz CT molecular complexity index is 929. The Kier molecular flexibility index (Phi) is 2.35. The summed E-state index contributed by atoms with van der Waals surface area (Å²) in [6.45, 7) is 5.28. The van der Waals surface area contributed by atoms with Crippen molar-refractivity contribution in [3.05, 3.63) is 55.7 Å². The first-order valence-electron chi connectivity index (χ1n) is 5.96. The van der Waals surface area contributed by atoms with E-state index in [9.17, 15) is 9.59 Å². The Morgan fingerprint density at radius 3 is 2.37 bits per heavy atom. The van der Waals surface area contributed by atoms with Crippen molar-refractivity contribution in [1.29, 1.82) is 0 Å². The fourth-order valence-corrected chi connectivity index (χ4v) is 2.25. The maximum absolute atomic E-state index is 12.3. The lowest BCUT2D eigenvalue weighted by atomic mass is 10.1. The van der Waals surface area contributed by atoms with Gasteiger partial charge in [0.1, 0.15) is 16.9 Å². The Morgan fingerprint density at radius 2 is 1.63 bits per heavy atom. The maximum atomic E-state index is 12.3. The molecule has 0 saturated heterocycles. The molecule has 0 fully saturated rings. The highest BCUT2D eigenvalue weighted by atomic mass is 16.4. The topological polar surface area (TPSA) is 60.4 Å². The van der Waals surface area contributed by atoms with E-state index in [1.807, 2.05) is 0 Å². The Balaban J connectivity index is 2.65. The standard InChI is InChI=1S/C15H12O4/c1-7-9(3)18-15-8(2)14-10(4-5-12(16)19-14)6-11(15)13(7)17/h4-6H,1-3H3. The van der Waals surface area contributed by atoms with E-state index in [4.69, 9.17) is 8.83 Å². The van der Waals surface area contributed by atoms with Gasteiger partial charge in [0.05, 0.1) is 5.39 Å². The Morgan fingerprint density at radius 1 is 0.895 bits per heavy atom. The molecule has 0 radical (unpaired) electrons. The number of hydrogen-bond acceptors (Lipinski definition) is 4. The largest absolute Gasteiger partial charge is 0.460 e. The Hall–Kier alpha value is -2.36. The molecule has 0 aliphatic carbocycles. The van der Waals surface area contributed by atoms with Crippen LogP contribution in [0.5, 0.6) is 0 Å². The van der Waals surface area contributed by atoms with Crippen LogP contribution in [-0.2, 0) is 0 Å². The molecule has 0 unspecified atom stereocenters. The van der Waals surface area contributed by atoms with Gasteiger partial charge in [-0.15, -0.1) is 0 Å². The van der Waals surface area contributed by atoms with Gasteiger partial charge < -0.3 is 8.83 Å². The summed E-state index contributed by atoms with van der Waals surface area (Å²) in [5.74, 6) is 0.582. The van der Waals surface area contributed by atoms with Crippen LogP contribution < -0.4 is 11.1 Å². The minimum absolute atomic E-state index is 0.0463. The van der Waals surface area contributed by atoms with Crippen LogP contribution in [0.2, 0.25) is 0 Å². The van der Waals surface area contributed by atoms with Crippen LogP contribution in [0.1, 0.15) is 16.9 Å². The van der Waals surface area contributed by atoms with Crippen molar-refractivity contribution < 1.29 is 8.83 Å². The molecular weight excluding hydrogens is 244 g/mol. The number of rotatable bonds is 0. The van der Waals surface area contributed by atoms with Crippen molar-refractivity contribution in [1.82, 2.24) is 0 Å². The van der Waals surface area contributed by atoms with Gasteiger partial charge >= 0.3 is 5.63 Å². The van der Waals surface area contributed by atoms with Gasteiger partial charge in [-0.25, -0.2) is 4.79 Å². The van der Waals surface area contributed by atoms with E-state index in [0.29, 0.717) is 33.4 Å². The van der Waals surface area contributed by atoms with E-state index in [1.165, 1.54) is 6.07 Å². The minimum atomic E-state index is -0.416. The third-order valence-electron chi connectivity index (χ3n) is 3.46. The summed E-state index contributed by atoms with van der Waals surface area (Å²) in [7, 11) is 0. The summed E-state index contributed by atoms with van der Waals surface area (Å²) < 4.78 is 10.9. The van der Waals surface area contributed by atoms with Crippen LogP contribution in [0, 0.1) is 20.8 Å². The average Bonchev–Trinajstić information content (AvgIpc) is 2.39. The zero-order chi connectivity index (χ0) is 13.7. The molecule has 0 N–H and O–H groups in total. The van der Waals surface area contributed by atoms with E-state index < -0.39 is 5.63 Å². The van der Waals surface area contributed by atoms with Gasteiger partial charge in [-0.05, 0) is 32.9 Å². The maximum Gasteiger partial charge on any atom is 0.336 e. The van der Waals surface area contributed by atoms with Gasteiger partial charge in [0.25, 0.3) is 0 Å². The average molecular weight is 256 g/mol. The summed E-state index contributed by atoms with van der Waals surface area (Å²) in [5.41, 5.74) is 1.76. The first-order chi connectivity index (χ1) is 8.99. The summed E-state index contributed by atoms with van der Waals surface area (Å²) in [4.78, 5) is 23.6. The summed E-state index contributed by atoms with van der Waals surface area (Å²) in [6.07, 6.45) is 0. The monoisotopic (exact) mass is 256 g/mol. The quantitative estimate of drug-likeness (QED) is 0.458. The van der Waals surface area contributed by atoms with Crippen molar-refractivity contribution in [2.24, 2.45) is 0 Å². The molecule has 19 heavy (non-hydrogen) atoms. The van der Waals surface area contributed by atoms with Crippen LogP contribution in [0.4, 0.5) is 0 Å². The smallest absolute Gasteiger partial charge is 0.336 e. The second-order valence-electron chi connectivity index (χ2n) is 4.66. The predicted molar refractivity (Wildman–Crippen MR) is 72.7 cm³/mol. The highest BCUT2D eigenvalue weighted by Crippen LogP contribution is 2.26. The predicted octanol–water partition coefficient (Wildman–Crippen LogP) is 2.82. The molecule has 4 nitrogen and oxygen atoms in total. The number of fused-ring (bicyclic) bond motifs is 2. The molecule has 3 rings (SSSR count). The van der Waals surface area contributed by atoms with E-state index in [1.54, 1.807) is 32.9 Å². The second-order valence-corrected chi connectivity index (χ2v) is 4.66. The van der Waals surface area contributed by atoms with Crippen LogP contribution in [-0.4, -0.2) is 0 Å². The lowest BCUT2D eigenvalue weighted by Crippen LogP contribution is -2.08. The summed E-state index contributed by atoms with van der Waals surface area (Å²) in [6, 6.07) is 4.71. The summed E-state index contributed by atoms with van der Waals surface area (Å²) in [5, 5.41) is 1.24. The van der Waals surface area contributed by atoms with E-state index in [-0.39, 0.29) is 5.43 Å². The molecule has 0 atom stereocenters. The van der Waals surface area contributed by atoms with Crippen molar-refractivity contribution >= 4 is 21.9 Å². The first-order valence-corrected chi connectivity index (χ1v) is 5.96. The van der Waals surface area contributed by atoms with Crippen molar-refractivity contribution in [3.8, 4) is 0 Å². The lowest BCUT2D eigenvalue weighted by molar-refractivity contribution is 0.544. The fourth-order valence-electron chi connectivity index (χ4n) is 2.25. The van der Waals surface area contributed by atoms with Gasteiger partial charge in [-0.1, -0.05) is 0 Å². The molecule has 0 aliphatic rings. The Labute approximate surface area is 108 Å². The fraction of sp³-hybridized carbons (Fsp3) is 0.200. The van der Waals surface area contributed by atoms with Gasteiger partial charge in [-0.3, -0.25) is 4.79 Å². The van der Waals surface area contributed by atoms with Crippen LogP contribution in [0.25, 0.3) is 21.9 Å². The van der Waals surface area contributed by atoms with Crippen molar-refractivity contribution in [3.63, 3.8) is 0 Å². The third kappa shape index (κ3) is 1.60. The molecular formula is C15H12O4. The molecule has 0 spiro atoms. The van der Waals surface area contributed by atoms with E-state index >= 15 is 0 Å². The third-order valence-corrected chi connectivity index (χ3v) is 3.46. The van der Waals surface area contributed by atoms with Gasteiger partial charge in [0.15, 0.2) is 5.43 Å². The highest BCUT2D eigenvalue weighted by molar-refractivity contribution is 5.96. The van der Waals surface area contributed by atoms with E-state index in [2.05, 4.69) is 0 Å². The molecule has 2 aromatic heterocycles. The van der Waals surface area contributed by atoms with Crippen LogP contribution in [0.15, 0.2) is 36.6 Å². The molecule has 2 heterocycles. The molecule has 1 aromatic carbocycles. The minimum Gasteiger partial charge on any atom is -0.460 e. The number of benzene rings is 1. The van der Waals surface area contributed by atoms with Crippen molar-refractivity contribution in [2.75, 3.05) is 0 Å². The zero-order valence-electron chi connectivity index (χ0n) is 10.9. The molecule has 0 bridgehead atoms. The second kappa shape index (κ2) is 3.82. The van der Waals surface area contributed by atoms with Gasteiger partial charge in [-0.2, -0.15) is 0 Å². The molecule has 4 heteroatoms. The molecule has 0 aliphatic heterocycles. The SMILES string of the molecule is Cc1oc2c(C)c3oc(=O)ccc3cc2c(=O)c1C. The normalized spacial score (nSPS) is 11.3. The molecule has 3 aromatic rings. The molecule has 0 amide bonds. The zero-order valence-corrected chi connectivity index (χ0v) is 10.9. The van der Waals surface area contributed by atoms with Crippen LogP contribution >= 0.6 is 0 Å². The van der Waals surface area contributed by atoms with Gasteiger partial charge in [0, 0.05) is 22.6 Å². The van der Waals surface area contributed by atoms with Gasteiger partial charge in [0.2, 0.25) is 0 Å². The van der Waals surface area contributed by atoms with Crippen LogP contribution in [0.3, 0.4) is 0 Å². The number of hydrogen-bond donors (Lipinski definition) is 0. The molecule has 0 saturated carbocycles. The first kappa shape index (κ1) is 11.7. The lowest BCUT2D eigenvalue weighted by Gasteiger charge is -2.07. The number of aryl methyl sites for hydroxylation is 2.